The molecular weight excluding hydrogens is 260 g/mol. The molecule has 3 rings (SSSR count). The second-order valence-corrected chi connectivity index (χ2v) is 6.52. The summed E-state index contributed by atoms with van der Waals surface area (Å²) in [6.07, 6.45) is 3.60. The van der Waals surface area contributed by atoms with Crippen LogP contribution >= 0.6 is 11.8 Å². The molecule has 5 nitrogen and oxygen atoms in total. The number of amides is 1. The molecule has 104 valence electrons. The molecule has 2 aliphatic rings. The minimum atomic E-state index is 0.102. The van der Waals surface area contributed by atoms with Gasteiger partial charge < -0.3 is 10.2 Å². The van der Waals surface area contributed by atoms with E-state index in [1.807, 2.05) is 41.5 Å². The number of aromatic nitrogens is 2. The SMILES string of the molecule is CN1C(=O)C[C@@H](NC2CCSC2)[C@@H]1c1ccnn1C. The van der Waals surface area contributed by atoms with Gasteiger partial charge >= 0.3 is 0 Å². The molecule has 3 atom stereocenters. The Bertz CT molecular complexity index is 469. The van der Waals surface area contributed by atoms with Crippen molar-refractivity contribution in [1.29, 1.82) is 0 Å². The molecule has 0 aromatic carbocycles. The Morgan fingerprint density at radius 1 is 1.47 bits per heavy atom. The van der Waals surface area contributed by atoms with Gasteiger partial charge in [-0.3, -0.25) is 9.48 Å². The fourth-order valence-electron chi connectivity index (χ4n) is 3.07. The standard InChI is InChI=1S/C13H20N4OS/c1-16-12(18)7-10(15-9-4-6-19-8-9)13(16)11-3-5-14-17(11)2/h3,5,9-10,13,15H,4,6-8H2,1-2H3/t9?,10-,13-/m1/s1. The zero-order chi connectivity index (χ0) is 13.4. The monoisotopic (exact) mass is 280 g/mol. The second kappa shape index (κ2) is 5.17. The smallest absolute Gasteiger partial charge is 0.224 e. The Morgan fingerprint density at radius 2 is 2.32 bits per heavy atom. The molecule has 3 heterocycles. The van der Waals surface area contributed by atoms with E-state index < -0.39 is 0 Å². The van der Waals surface area contributed by atoms with Crippen LogP contribution in [0.3, 0.4) is 0 Å². The topological polar surface area (TPSA) is 50.2 Å². The Kier molecular flexibility index (Phi) is 3.54. The highest BCUT2D eigenvalue weighted by molar-refractivity contribution is 7.99. The van der Waals surface area contributed by atoms with Crippen LogP contribution in [0.2, 0.25) is 0 Å². The lowest BCUT2D eigenvalue weighted by Gasteiger charge is -2.27. The molecule has 0 saturated carbocycles. The summed E-state index contributed by atoms with van der Waals surface area (Å²) in [4.78, 5) is 13.9. The third kappa shape index (κ3) is 2.39. The number of thioether (sulfide) groups is 1. The molecule has 0 spiro atoms. The predicted molar refractivity (Wildman–Crippen MR) is 76.0 cm³/mol. The van der Waals surface area contributed by atoms with E-state index in [0.717, 1.165) is 11.4 Å². The van der Waals surface area contributed by atoms with Crippen molar-refractivity contribution < 1.29 is 4.79 Å². The molecule has 1 amide bonds. The van der Waals surface area contributed by atoms with Crippen molar-refractivity contribution >= 4 is 17.7 Å². The summed E-state index contributed by atoms with van der Waals surface area (Å²) in [5.74, 6) is 2.60. The lowest BCUT2D eigenvalue weighted by atomic mass is 10.0. The zero-order valence-corrected chi connectivity index (χ0v) is 12.2. The Labute approximate surface area is 117 Å². The number of likely N-dealkylation sites (tertiary alicyclic amines) is 1. The summed E-state index contributed by atoms with van der Waals surface area (Å²) >= 11 is 1.99. The van der Waals surface area contributed by atoms with Gasteiger partial charge in [0.1, 0.15) is 0 Å². The molecule has 1 N–H and O–H groups in total. The van der Waals surface area contributed by atoms with Crippen LogP contribution in [0.25, 0.3) is 0 Å². The van der Waals surface area contributed by atoms with Gasteiger partial charge in [-0.15, -0.1) is 0 Å². The number of rotatable bonds is 3. The van der Waals surface area contributed by atoms with Crippen LogP contribution in [0.1, 0.15) is 24.6 Å². The first-order valence-electron chi connectivity index (χ1n) is 6.74. The van der Waals surface area contributed by atoms with Crippen molar-refractivity contribution in [3.05, 3.63) is 18.0 Å². The van der Waals surface area contributed by atoms with Gasteiger partial charge in [-0.25, -0.2) is 0 Å². The van der Waals surface area contributed by atoms with Crippen LogP contribution in [-0.4, -0.2) is 51.2 Å². The quantitative estimate of drug-likeness (QED) is 0.889. The third-order valence-corrected chi connectivity index (χ3v) is 5.29. The van der Waals surface area contributed by atoms with Gasteiger partial charge in [-0.1, -0.05) is 0 Å². The third-order valence-electron chi connectivity index (χ3n) is 4.13. The van der Waals surface area contributed by atoms with Gasteiger partial charge in [0.05, 0.1) is 11.7 Å². The number of aryl methyl sites for hydroxylation is 1. The van der Waals surface area contributed by atoms with Gasteiger partial charge in [0.25, 0.3) is 0 Å². The highest BCUT2D eigenvalue weighted by Gasteiger charge is 2.40. The average molecular weight is 280 g/mol. The summed E-state index contributed by atoms with van der Waals surface area (Å²) in [6.45, 7) is 0. The zero-order valence-electron chi connectivity index (χ0n) is 11.4. The van der Waals surface area contributed by atoms with Gasteiger partial charge in [0, 0.05) is 44.5 Å². The number of hydrogen-bond donors (Lipinski definition) is 1. The van der Waals surface area contributed by atoms with E-state index in [2.05, 4.69) is 10.4 Å². The maximum absolute atomic E-state index is 12.0. The van der Waals surface area contributed by atoms with Gasteiger partial charge in [-0.2, -0.15) is 16.9 Å². The van der Waals surface area contributed by atoms with E-state index in [4.69, 9.17) is 0 Å². The highest BCUT2D eigenvalue weighted by atomic mass is 32.2. The molecule has 0 bridgehead atoms. The van der Waals surface area contributed by atoms with Crippen molar-refractivity contribution in [2.24, 2.45) is 7.05 Å². The van der Waals surface area contributed by atoms with Crippen LogP contribution in [0.5, 0.6) is 0 Å². The predicted octanol–water partition coefficient (Wildman–Crippen LogP) is 0.787. The molecule has 0 radical (unpaired) electrons. The summed E-state index contributed by atoms with van der Waals surface area (Å²) in [6, 6.07) is 2.87. The molecule has 1 aromatic rings. The number of likely N-dealkylation sites (N-methyl/N-ethyl adjacent to an activating group) is 1. The van der Waals surface area contributed by atoms with E-state index in [0.29, 0.717) is 12.5 Å². The fraction of sp³-hybridized carbons (Fsp3) is 0.692. The number of nitrogens with one attached hydrogen (secondary N) is 1. The minimum Gasteiger partial charge on any atom is -0.336 e. The summed E-state index contributed by atoms with van der Waals surface area (Å²) < 4.78 is 1.87. The number of carbonyl (C=O) groups is 1. The normalized spacial score (nSPS) is 31.4. The van der Waals surface area contributed by atoms with E-state index in [-0.39, 0.29) is 18.0 Å². The lowest BCUT2D eigenvalue weighted by molar-refractivity contribution is -0.127. The Hall–Kier alpha value is -1.01. The van der Waals surface area contributed by atoms with E-state index in [1.54, 1.807) is 6.20 Å². The van der Waals surface area contributed by atoms with Crippen LogP contribution < -0.4 is 5.32 Å². The summed E-state index contributed by atoms with van der Waals surface area (Å²) in [5, 5.41) is 7.91. The maximum atomic E-state index is 12.0. The first-order chi connectivity index (χ1) is 9.16. The molecule has 2 saturated heterocycles. The van der Waals surface area contributed by atoms with Crippen molar-refractivity contribution in [2.75, 3.05) is 18.6 Å². The highest BCUT2D eigenvalue weighted by Crippen LogP contribution is 2.32. The van der Waals surface area contributed by atoms with Crippen molar-refractivity contribution in [3.8, 4) is 0 Å². The Morgan fingerprint density at radius 3 is 2.95 bits per heavy atom. The second-order valence-electron chi connectivity index (χ2n) is 5.37. The van der Waals surface area contributed by atoms with Gasteiger partial charge in [0.15, 0.2) is 0 Å². The van der Waals surface area contributed by atoms with Gasteiger partial charge in [-0.05, 0) is 18.2 Å². The van der Waals surface area contributed by atoms with Crippen LogP contribution in [-0.2, 0) is 11.8 Å². The number of hydrogen-bond acceptors (Lipinski definition) is 4. The van der Waals surface area contributed by atoms with Crippen molar-refractivity contribution in [3.63, 3.8) is 0 Å². The largest absolute Gasteiger partial charge is 0.336 e. The molecule has 2 aliphatic heterocycles. The van der Waals surface area contributed by atoms with E-state index >= 15 is 0 Å². The average Bonchev–Trinajstić information content (AvgIpc) is 3.06. The van der Waals surface area contributed by atoms with Crippen LogP contribution in [0.4, 0.5) is 0 Å². The Balaban J connectivity index is 1.81. The van der Waals surface area contributed by atoms with E-state index in [9.17, 15) is 4.79 Å². The number of carbonyl (C=O) groups excluding carboxylic acids is 1. The fourth-order valence-corrected chi connectivity index (χ4v) is 4.23. The van der Waals surface area contributed by atoms with Crippen LogP contribution in [0.15, 0.2) is 12.3 Å². The maximum Gasteiger partial charge on any atom is 0.224 e. The van der Waals surface area contributed by atoms with Crippen LogP contribution in [0, 0.1) is 0 Å². The minimum absolute atomic E-state index is 0.102. The van der Waals surface area contributed by atoms with Crippen molar-refractivity contribution in [2.45, 2.75) is 31.0 Å². The number of nitrogens with zero attached hydrogens (tertiary/aromatic N) is 3. The first kappa shape index (κ1) is 13.0. The van der Waals surface area contributed by atoms with E-state index in [1.165, 1.54) is 12.2 Å². The van der Waals surface area contributed by atoms with Gasteiger partial charge in [0.2, 0.25) is 5.91 Å². The van der Waals surface area contributed by atoms with Crippen molar-refractivity contribution in [1.82, 2.24) is 20.0 Å². The lowest BCUT2D eigenvalue weighted by Crippen LogP contribution is -2.42. The molecule has 0 aliphatic carbocycles. The molecule has 1 aromatic heterocycles. The first-order valence-corrected chi connectivity index (χ1v) is 7.89. The summed E-state index contributed by atoms with van der Waals surface area (Å²) in [5.41, 5.74) is 1.11. The molecular formula is C13H20N4OS. The molecule has 1 unspecified atom stereocenters. The molecule has 6 heteroatoms. The molecule has 19 heavy (non-hydrogen) atoms. The molecule has 2 fully saturated rings. The summed E-state index contributed by atoms with van der Waals surface area (Å²) in [7, 11) is 3.83.